The van der Waals surface area contributed by atoms with Gasteiger partial charge in [-0.2, -0.15) is 0 Å². The molecule has 1 aliphatic rings. The van der Waals surface area contributed by atoms with E-state index in [9.17, 15) is 9.59 Å². The fourth-order valence-corrected chi connectivity index (χ4v) is 5.22. The molecule has 0 unspecified atom stereocenters. The van der Waals surface area contributed by atoms with E-state index in [4.69, 9.17) is 9.72 Å². The topological polar surface area (TPSA) is 111 Å². The van der Waals surface area contributed by atoms with Crippen molar-refractivity contribution in [2.75, 3.05) is 0 Å². The highest BCUT2D eigenvalue weighted by molar-refractivity contribution is 5.94. The van der Waals surface area contributed by atoms with Gasteiger partial charge in [0.15, 0.2) is 0 Å². The van der Waals surface area contributed by atoms with E-state index in [1.165, 1.54) is 39.0 Å². The molecule has 3 heterocycles. The van der Waals surface area contributed by atoms with Crippen LogP contribution in [0.15, 0.2) is 61.1 Å². The number of amides is 2. The number of ether oxygens (including phenoxy) is 1. The minimum Gasteiger partial charge on any atom is -0.487 e. The summed E-state index contributed by atoms with van der Waals surface area (Å²) in [6.45, 7) is 3.44. The van der Waals surface area contributed by atoms with Crippen molar-refractivity contribution in [1.82, 2.24) is 30.2 Å². The molecule has 0 aliphatic heterocycles. The molecule has 0 bridgehead atoms. The predicted octanol–water partition coefficient (Wildman–Crippen LogP) is 4.94. The van der Waals surface area contributed by atoms with Crippen molar-refractivity contribution in [2.45, 2.75) is 71.7 Å². The van der Waals surface area contributed by atoms with E-state index in [1.54, 1.807) is 24.5 Å². The lowest BCUT2D eigenvalue weighted by Crippen LogP contribution is -2.22. The van der Waals surface area contributed by atoms with Gasteiger partial charge in [0.25, 0.3) is 5.91 Å². The molecule has 1 fully saturated rings. The molecule has 9 nitrogen and oxygen atoms in total. The Morgan fingerprint density at radius 3 is 2.60 bits per heavy atom. The Balaban J connectivity index is 1.26. The van der Waals surface area contributed by atoms with Crippen LogP contribution in [0, 0.1) is 5.92 Å². The molecular weight excluding hydrogens is 504 g/mol. The van der Waals surface area contributed by atoms with Gasteiger partial charge in [0.2, 0.25) is 5.91 Å². The Labute approximate surface area is 234 Å². The highest BCUT2D eigenvalue weighted by Gasteiger charge is 2.17. The average Bonchev–Trinajstić information content (AvgIpc) is 3.34. The smallest absolute Gasteiger partial charge is 0.251 e. The highest BCUT2D eigenvalue weighted by atomic mass is 16.5. The molecule has 2 N–H and O–H groups in total. The monoisotopic (exact) mass is 540 g/mol. The number of hydrogen-bond acceptors (Lipinski definition) is 6. The normalized spacial score (nSPS) is 13.7. The summed E-state index contributed by atoms with van der Waals surface area (Å²) in [5.74, 6) is 1.75. The summed E-state index contributed by atoms with van der Waals surface area (Å²) >= 11 is 0. The van der Waals surface area contributed by atoms with Crippen molar-refractivity contribution in [3.8, 4) is 5.75 Å². The molecule has 9 heteroatoms. The van der Waals surface area contributed by atoms with Crippen LogP contribution in [0.3, 0.4) is 0 Å². The quantitative estimate of drug-likeness (QED) is 0.279. The van der Waals surface area contributed by atoms with Gasteiger partial charge in [0.05, 0.1) is 12.2 Å². The maximum Gasteiger partial charge on any atom is 0.251 e. The number of nitrogens with one attached hydrogen (secondary N) is 2. The number of benzene rings is 1. The zero-order valence-corrected chi connectivity index (χ0v) is 22.9. The molecule has 3 aromatic heterocycles. The van der Waals surface area contributed by atoms with Gasteiger partial charge in [-0.1, -0.05) is 38.2 Å². The lowest BCUT2D eigenvalue weighted by atomic mass is 9.87. The highest BCUT2D eigenvalue weighted by Crippen LogP contribution is 2.28. The second kappa shape index (κ2) is 13.2. The zero-order valence-electron chi connectivity index (χ0n) is 22.9. The minimum absolute atomic E-state index is 0.109. The number of nitrogens with zero attached hydrogens (tertiary/aromatic N) is 4. The summed E-state index contributed by atoms with van der Waals surface area (Å²) in [6.07, 6.45) is 12.9. The van der Waals surface area contributed by atoms with E-state index < -0.39 is 0 Å². The molecule has 1 aliphatic carbocycles. The minimum atomic E-state index is -0.146. The Morgan fingerprint density at radius 1 is 1.02 bits per heavy atom. The summed E-state index contributed by atoms with van der Waals surface area (Å²) < 4.78 is 8.40. The fourth-order valence-electron chi connectivity index (χ4n) is 5.22. The van der Waals surface area contributed by atoms with E-state index >= 15 is 0 Å². The van der Waals surface area contributed by atoms with Crippen molar-refractivity contribution in [3.63, 3.8) is 0 Å². The molecule has 0 saturated heterocycles. The number of rotatable bonds is 11. The number of fused-ring (bicyclic) bond motifs is 1. The summed E-state index contributed by atoms with van der Waals surface area (Å²) in [4.78, 5) is 37.2. The van der Waals surface area contributed by atoms with Crippen LogP contribution in [0.4, 0.5) is 0 Å². The van der Waals surface area contributed by atoms with Crippen LogP contribution in [0.1, 0.15) is 72.9 Å². The molecule has 40 heavy (non-hydrogen) atoms. The molecular formula is C31H36N6O3. The van der Waals surface area contributed by atoms with Gasteiger partial charge in [-0.05, 0) is 54.3 Å². The molecule has 208 valence electrons. The summed E-state index contributed by atoms with van der Waals surface area (Å²) in [5, 5.41) is 6.65. The maximum atomic E-state index is 12.6. The van der Waals surface area contributed by atoms with Crippen LogP contribution in [-0.2, 0) is 31.0 Å². The van der Waals surface area contributed by atoms with Gasteiger partial charge in [-0.3, -0.25) is 14.6 Å². The first-order valence-electron chi connectivity index (χ1n) is 14.0. The van der Waals surface area contributed by atoms with E-state index in [0.29, 0.717) is 36.8 Å². The van der Waals surface area contributed by atoms with E-state index in [-0.39, 0.29) is 11.8 Å². The van der Waals surface area contributed by atoms with Crippen LogP contribution >= 0.6 is 0 Å². The summed E-state index contributed by atoms with van der Waals surface area (Å²) in [6, 6.07) is 13.0. The van der Waals surface area contributed by atoms with Crippen LogP contribution < -0.4 is 15.4 Å². The number of carbonyl (C=O) groups excluding carboxylic acids is 2. The Morgan fingerprint density at radius 2 is 1.85 bits per heavy atom. The molecule has 0 spiro atoms. The molecule has 0 radical (unpaired) electrons. The van der Waals surface area contributed by atoms with E-state index in [2.05, 4.69) is 31.2 Å². The van der Waals surface area contributed by atoms with E-state index in [1.807, 2.05) is 30.5 Å². The Kier molecular flexibility index (Phi) is 9.00. The van der Waals surface area contributed by atoms with Crippen molar-refractivity contribution < 1.29 is 14.3 Å². The standard InChI is InChI=1S/C31H36N6O3/c1-22(38)33-20-29-34-19-26-16-27(37(30(26)36-29)15-13-23-6-3-2-4-7-23)21-40-28-11-9-25(10-12-28)31(39)35-18-24-8-5-14-32-17-24/h5,8-12,14,16-17,19,23H,2-4,6-7,13,15,18,20-21H2,1H3,(H,33,38)(H,35,39). The number of aromatic nitrogens is 4. The van der Waals surface area contributed by atoms with Crippen molar-refractivity contribution in [1.29, 1.82) is 0 Å². The van der Waals surface area contributed by atoms with Gasteiger partial charge < -0.3 is 19.9 Å². The molecule has 1 saturated carbocycles. The zero-order chi connectivity index (χ0) is 27.7. The second-order valence-corrected chi connectivity index (χ2v) is 10.4. The molecule has 1 aromatic carbocycles. The molecule has 0 atom stereocenters. The number of aryl methyl sites for hydroxylation is 1. The number of hydrogen-bond donors (Lipinski definition) is 2. The van der Waals surface area contributed by atoms with Gasteiger partial charge in [-0.25, -0.2) is 9.97 Å². The maximum absolute atomic E-state index is 12.6. The predicted molar refractivity (Wildman–Crippen MR) is 152 cm³/mol. The van der Waals surface area contributed by atoms with Gasteiger partial charge >= 0.3 is 0 Å². The third-order valence-corrected chi connectivity index (χ3v) is 7.43. The van der Waals surface area contributed by atoms with Crippen molar-refractivity contribution in [2.24, 2.45) is 5.92 Å². The summed E-state index contributed by atoms with van der Waals surface area (Å²) in [7, 11) is 0. The van der Waals surface area contributed by atoms with Crippen LogP contribution in [0.2, 0.25) is 0 Å². The first-order chi connectivity index (χ1) is 19.5. The first kappa shape index (κ1) is 27.3. The van der Waals surface area contributed by atoms with Gasteiger partial charge in [-0.15, -0.1) is 0 Å². The fraction of sp³-hybridized carbons (Fsp3) is 0.387. The number of carbonyl (C=O) groups is 2. The third-order valence-electron chi connectivity index (χ3n) is 7.43. The number of pyridine rings is 1. The lowest BCUT2D eigenvalue weighted by molar-refractivity contribution is -0.119. The van der Waals surface area contributed by atoms with E-state index in [0.717, 1.165) is 41.2 Å². The first-order valence-corrected chi connectivity index (χ1v) is 14.0. The Hall–Kier alpha value is -4.27. The SMILES string of the molecule is CC(=O)NCc1ncc2cc(COc3ccc(C(=O)NCc4cccnc4)cc3)n(CCC3CCCCC3)c2n1. The Bertz CT molecular complexity index is 1430. The van der Waals surface area contributed by atoms with Crippen molar-refractivity contribution >= 4 is 22.8 Å². The largest absolute Gasteiger partial charge is 0.487 e. The van der Waals surface area contributed by atoms with Crippen LogP contribution in [0.25, 0.3) is 11.0 Å². The van der Waals surface area contributed by atoms with Gasteiger partial charge in [0, 0.05) is 49.6 Å². The van der Waals surface area contributed by atoms with Crippen LogP contribution in [-0.4, -0.2) is 31.3 Å². The summed E-state index contributed by atoms with van der Waals surface area (Å²) in [5.41, 5.74) is 3.40. The lowest BCUT2D eigenvalue weighted by Gasteiger charge is -2.22. The molecule has 5 rings (SSSR count). The second-order valence-electron chi connectivity index (χ2n) is 10.4. The molecule has 4 aromatic rings. The van der Waals surface area contributed by atoms with Crippen molar-refractivity contribution in [3.05, 3.63) is 83.7 Å². The van der Waals surface area contributed by atoms with Gasteiger partial charge in [0.1, 0.15) is 23.8 Å². The van der Waals surface area contributed by atoms with Crippen LogP contribution in [0.5, 0.6) is 5.75 Å². The third kappa shape index (κ3) is 7.22. The average molecular weight is 541 g/mol. The molecule has 2 amide bonds.